The van der Waals surface area contributed by atoms with Crippen LogP contribution in [0.5, 0.6) is 0 Å². The van der Waals surface area contributed by atoms with Gasteiger partial charge < -0.3 is 15.5 Å². The van der Waals surface area contributed by atoms with Crippen LogP contribution in [0.4, 0.5) is 23.7 Å². The minimum absolute atomic E-state index is 0.0146. The van der Waals surface area contributed by atoms with Gasteiger partial charge in [-0.15, -0.1) is 11.3 Å². The molecule has 0 aromatic carbocycles. The number of nitrogens with one attached hydrogen (secondary N) is 3. The molecule has 1 aliphatic rings. The first-order valence-corrected chi connectivity index (χ1v) is 9.00. The summed E-state index contributed by atoms with van der Waals surface area (Å²) < 4.78 is 37.5. The Balaban J connectivity index is 1.65. The van der Waals surface area contributed by atoms with Crippen molar-refractivity contribution in [3.05, 3.63) is 17.8 Å². The Morgan fingerprint density at radius 1 is 1.41 bits per heavy atom. The summed E-state index contributed by atoms with van der Waals surface area (Å²) in [7, 11) is 0. The number of likely N-dealkylation sites (tertiary alicyclic amines) is 1. The van der Waals surface area contributed by atoms with Crippen LogP contribution >= 0.6 is 11.3 Å². The highest BCUT2D eigenvalue weighted by molar-refractivity contribution is 7.13. The third-order valence-corrected chi connectivity index (χ3v) is 5.14. The van der Waals surface area contributed by atoms with E-state index in [1.807, 2.05) is 5.32 Å². The number of alkyl halides is 3. The molecular formula is C15H17F3N6O2S. The molecule has 3 heterocycles. The van der Waals surface area contributed by atoms with Crippen molar-refractivity contribution < 1.29 is 22.8 Å². The second kappa shape index (κ2) is 7.55. The highest BCUT2D eigenvalue weighted by Crippen LogP contribution is 2.27. The van der Waals surface area contributed by atoms with Crippen LogP contribution in [0.2, 0.25) is 0 Å². The van der Waals surface area contributed by atoms with Gasteiger partial charge in [-0.1, -0.05) is 6.92 Å². The van der Waals surface area contributed by atoms with E-state index in [9.17, 15) is 22.8 Å². The molecule has 3 rings (SSSR count). The Kier molecular flexibility index (Phi) is 5.35. The summed E-state index contributed by atoms with van der Waals surface area (Å²) in [6.45, 7) is 2.10. The van der Waals surface area contributed by atoms with E-state index in [0.29, 0.717) is 29.4 Å². The van der Waals surface area contributed by atoms with E-state index >= 15 is 0 Å². The van der Waals surface area contributed by atoms with Crippen LogP contribution in [0.15, 0.2) is 17.8 Å². The summed E-state index contributed by atoms with van der Waals surface area (Å²) in [6.07, 6.45) is -1.43. The number of carbonyl (C=O) groups is 2. The molecule has 1 saturated heterocycles. The number of thiazole rings is 1. The first-order chi connectivity index (χ1) is 12.8. The Morgan fingerprint density at radius 2 is 2.19 bits per heavy atom. The average molecular weight is 402 g/mol. The number of halogens is 3. The summed E-state index contributed by atoms with van der Waals surface area (Å²) in [5.41, 5.74) is 0.968. The van der Waals surface area contributed by atoms with Crippen molar-refractivity contribution in [1.29, 1.82) is 0 Å². The highest BCUT2D eigenvalue weighted by Gasteiger charge is 2.41. The lowest BCUT2D eigenvalue weighted by Crippen LogP contribution is -2.56. The molecule has 0 aliphatic carbocycles. The normalized spacial score (nSPS) is 20.4. The standard InChI is InChI=1S/C15H17F3N6O2S/c1-8-2-4-24(7-10(8)21-13(25)15(16,17)18)14(26)22-9-6-20-23-11(9)12-19-3-5-27-12/h3,5-6,8,10H,2,4,7H2,1H3,(H,20,23)(H,21,25)(H,22,26)/t8-,10+/m1/s1. The smallest absolute Gasteiger partial charge is 0.343 e. The second-order valence-corrected chi connectivity index (χ2v) is 7.11. The molecule has 0 unspecified atom stereocenters. The molecule has 1 aliphatic heterocycles. The van der Waals surface area contributed by atoms with E-state index in [0.717, 1.165) is 0 Å². The maximum Gasteiger partial charge on any atom is 0.471 e. The van der Waals surface area contributed by atoms with Gasteiger partial charge in [0.05, 0.1) is 11.9 Å². The molecule has 3 N–H and O–H groups in total. The van der Waals surface area contributed by atoms with Gasteiger partial charge in [0.25, 0.3) is 0 Å². The number of hydrogen-bond donors (Lipinski definition) is 3. The maximum atomic E-state index is 12.5. The molecule has 2 aromatic rings. The molecule has 27 heavy (non-hydrogen) atoms. The van der Waals surface area contributed by atoms with Gasteiger partial charge in [0.1, 0.15) is 10.7 Å². The predicted octanol–water partition coefficient (Wildman–Crippen LogP) is 2.45. The molecule has 2 atom stereocenters. The average Bonchev–Trinajstić information content (AvgIpc) is 3.26. The number of H-pyrrole nitrogens is 1. The molecular weight excluding hydrogens is 385 g/mol. The third kappa shape index (κ3) is 4.38. The first-order valence-electron chi connectivity index (χ1n) is 8.12. The number of anilines is 1. The van der Waals surface area contributed by atoms with Crippen LogP contribution in [0.25, 0.3) is 10.7 Å². The van der Waals surface area contributed by atoms with E-state index in [-0.39, 0.29) is 12.5 Å². The number of aromatic amines is 1. The molecule has 0 bridgehead atoms. The topological polar surface area (TPSA) is 103 Å². The number of hydrogen-bond acceptors (Lipinski definition) is 5. The number of amides is 3. The number of urea groups is 1. The zero-order valence-electron chi connectivity index (χ0n) is 14.2. The largest absolute Gasteiger partial charge is 0.471 e. The van der Waals surface area contributed by atoms with Gasteiger partial charge >= 0.3 is 18.1 Å². The molecule has 146 valence electrons. The van der Waals surface area contributed by atoms with Gasteiger partial charge in [0.2, 0.25) is 0 Å². The molecule has 0 saturated carbocycles. The van der Waals surface area contributed by atoms with Gasteiger partial charge in [0, 0.05) is 30.7 Å². The molecule has 12 heteroatoms. The second-order valence-electron chi connectivity index (χ2n) is 6.22. The monoisotopic (exact) mass is 402 g/mol. The van der Waals surface area contributed by atoms with E-state index < -0.39 is 24.2 Å². The fraction of sp³-hybridized carbons (Fsp3) is 0.467. The first kappa shape index (κ1) is 19.1. The summed E-state index contributed by atoms with van der Waals surface area (Å²) in [4.78, 5) is 29.3. The lowest BCUT2D eigenvalue weighted by atomic mass is 9.93. The Bertz CT molecular complexity index is 807. The summed E-state index contributed by atoms with van der Waals surface area (Å²) >= 11 is 1.37. The zero-order chi connectivity index (χ0) is 19.6. The van der Waals surface area contributed by atoms with Gasteiger partial charge in [-0.3, -0.25) is 9.89 Å². The molecule has 0 spiro atoms. The van der Waals surface area contributed by atoms with E-state index in [4.69, 9.17) is 0 Å². The molecule has 2 aromatic heterocycles. The van der Waals surface area contributed by atoms with Crippen molar-refractivity contribution in [2.45, 2.75) is 25.6 Å². The minimum atomic E-state index is -4.95. The number of aromatic nitrogens is 3. The van der Waals surface area contributed by atoms with Gasteiger partial charge in [-0.25, -0.2) is 9.78 Å². The summed E-state index contributed by atoms with van der Waals surface area (Å²) in [5, 5.41) is 13.7. The van der Waals surface area contributed by atoms with Gasteiger partial charge in [-0.05, 0) is 12.3 Å². The van der Waals surface area contributed by atoms with Crippen molar-refractivity contribution in [3.8, 4) is 10.7 Å². The van der Waals surface area contributed by atoms with Crippen LogP contribution in [0.3, 0.4) is 0 Å². The van der Waals surface area contributed by atoms with Crippen LogP contribution in [-0.2, 0) is 4.79 Å². The Labute approximate surface area is 156 Å². The predicted molar refractivity (Wildman–Crippen MR) is 92.1 cm³/mol. The number of piperidine rings is 1. The quantitative estimate of drug-likeness (QED) is 0.734. The fourth-order valence-corrected chi connectivity index (χ4v) is 3.42. The lowest BCUT2D eigenvalue weighted by Gasteiger charge is -2.37. The van der Waals surface area contributed by atoms with Crippen LogP contribution in [-0.4, -0.2) is 57.3 Å². The van der Waals surface area contributed by atoms with Gasteiger partial charge in [-0.2, -0.15) is 18.3 Å². The highest BCUT2D eigenvalue weighted by atomic mass is 32.1. The zero-order valence-corrected chi connectivity index (χ0v) is 15.0. The molecule has 3 amide bonds. The van der Waals surface area contributed by atoms with Crippen molar-refractivity contribution in [3.63, 3.8) is 0 Å². The molecule has 0 radical (unpaired) electrons. The van der Waals surface area contributed by atoms with Crippen molar-refractivity contribution >= 4 is 29.0 Å². The fourth-order valence-electron chi connectivity index (χ4n) is 2.78. The molecule has 1 fully saturated rings. The number of carbonyl (C=O) groups excluding carboxylic acids is 2. The molecule has 8 nitrogen and oxygen atoms in total. The SMILES string of the molecule is C[C@@H]1CCN(C(=O)Nc2cn[nH]c2-c2nccs2)C[C@@H]1NC(=O)C(F)(F)F. The number of rotatable bonds is 3. The van der Waals surface area contributed by atoms with Crippen molar-refractivity contribution in [1.82, 2.24) is 25.4 Å². The van der Waals surface area contributed by atoms with E-state index in [1.165, 1.54) is 22.4 Å². The van der Waals surface area contributed by atoms with Crippen LogP contribution in [0, 0.1) is 5.92 Å². The maximum absolute atomic E-state index is 12.5. The summed E-state index contributed by atoms with van der Waals surface area (Å²) in [6, 6.07) is -1.26. The third-order valence-electron chi connectivity index (χ3n) is 4.35. The van der Waals surface area contributed by atoms with Crippen LogP contribution in [0.1, 0.15) is 13.3 Å². The van der Waals surface area contributed by atoms with Crippen LogP contribution < -0.4 is 10.6 Å². The lowest BCUT2D eigenvalue weighted by molar-refractivity contribution is -0.175. The van der Waals surface area contributed by atoms with E-state index in [2.05, 4.69) is 20.5 Å². The number of nitrogens with zero attached hydrogens (tertiary/aromatic N) is 3. The Hall–Kier alpha value is -2.63. The Morgan fingerprint density at radius 3 is 2.85 bits per heavy atom. The summed E-state index contributed by atoms with van der Waals surface area (Å²) in [5.74, 6) is -2.18. The van der Waals surface area contributed by atoms with Gasteiger partial charge in [0.15, 0.2) is 0 Å². The minimum Gasteiger partial charge on any atom is -0.343 e. The van der Waals surface area contributed by atoms with E-state index in [1.54, 1.807) is 18.5 Å². The van der Waals surface area contributed by atoms with Crippen molar-refractivity contribution in [2.24, 2.45) is 5.92 Å². The van der Waals surface area contributed by atoms with Crippen molar-refractivity contribution in [2.75, 3.05) is 18.4 Å².